The van der Waals surface area contributed by atoms with Crippen molar-refractivity contribution in [2.75, 3.05) is 24.6 Å². The van der Waals surface area contributed by atoms with Crippen LogP contribution in [0.1, 0.15) is 12.8 Å². The van der Waals surface area contributed by atoms with Gasteiger partial charge in [0.25, 0.3) is 5.95 Å². The van der Waals surface area contributed by atoms with Crippen LogP contribution in [-0.4, -0.2) is 54.5 Å². The Kier molecular flexibility index (Phi) is 3.75. The molecule has 1 N–H and O–H groups in total. The first-order valence-electron chi connectivity index (χ1n) is 6.38. The summed E-state index contributed by atoms with van der Waals surface area (Å²) in [5, 5.41) is 13.4. The predicted octanol–water partition coefficient (Wildman–Crippen LogP) is 0.314. The molecule has 1 atom stereocenters. The number of hydrogen-bond donors (Lipinski definition) is 1. The molecule has 1 saturated heterocycles. The number of halogens is 1. The first-order valence-corrected chi connectivity index (χ1v) is 6.76. The Morgan fingerprint density at radius 2 is 2.15 bits per heavy atom. The van der Waals surface area contributed by atoms with E-state index < -0.39 is 0 Å². The highest BCUT2D eigenvalue weighted by atomic mass is 35.5. The number of aliphatic hydroxyl groups excluding tert-OH is 1. The molecule has 0 bridgehead atoms. The van der Waals surface area contributed by atoms with Crippen LogP contribution in [0, 0.1) is 5.92 Å². The fourth-order valence-electron chi connectivity index (χ4n) is 2.28. The van der Waals surface area contributed by atoms with Gasteiger partial charge < -0.3 is 10.0 Å². The van der Waals surface area contributed by atoms with E-state index in [0.717, 1.165) is 19.4 Å². The normalized spacial score (nSPS) is 19.3. The van der Waals surface area contributed by atoms with Crippen molar-refractivity contribution < 1.29 is 5.11 Å². The van der Waals surface area contributed by atoms with Gasteiger partial charge in [0.2, 0.25) is 11.2 Å². The molecule has 3 rings (SSSR count). The standard InChI is InChI=1S/C11H14ClN7O/c12-9-15-10(18-3-1-2-8(4-18)5-20)17-11(16-9)19-7-13-6-14-19/h6-8,20H,1-5H2. The van der Waals surface area contributed by atoms with Crippen molar-refractivity contribution in [1.29, 1.82) is 0 Å². The van der Waals surface area contributed by atoms with Crippen molar-refractivity contribution in [1.82, 2.24) is 29.7 Å². The van der Waals surface area contributed by atoms with Crippen LogP contribution in [0.25, 0.3) is 5.95 Å². The summed E-state index contributed by atoms with van der Waals surface area (Å²) in [5.41, 5.74) is 0. The maximum atomic E-state index is 9.29. The minimum absolute atomic E-state index is 0.117. The van der Waals surface area contributed by atoms with Gasteiger partial charge in [-0.2, -0.15) is 24.7 Å². The zero-order valence-electron chi connectivity index (χ0n) is 10.7. The van der Waals surface area contributed by atoms with Crippen LogP contribution < -0.4 is 4.90 Å². The third-order valence-corrected chi connectivity index (χ3v) is 3.44. The van der Waals surface area contributed by atoms with Crippen LogP contribution in [0.2, 0.25) is 5.28 Å². The number of hydrogen-bond acceptors (Lipinski definition) is 7. The molecule has 0 aromatic carbocycles. The van der Waals surface area contributed by atoms with Crippen LogP contribution >= 0.6 is 11.6 Å². The summed E-state index contributed by atoms with van der Waals surface area (Å²) in [7, 11) is 0. The molecule has 1 aliphatic rings. The van der Waals surface area contributed by atoms with Crippen molar-refractivity contribution in [3.63, 3.8) is 0 Å². The Labute approximate surface area is 120 Å². The molecule has 1 fully saturated rings. The van der Waals surface area contributed by atoms with E-state index in [1.165, 1.54) is 17.3 Å². The van der Waals surface area contributed by atoms with Crippen molar-refractivity contribution in [2.45, 2.75) is 12.8 Å². The van der Waals surface area contributed by atoms with Gasteiger partial charge in [-0.3, -0.25) is 0 Å². The molecular formula is C11H14ClN7O. The Bertz CT molecular complexity index is 576. The molecule has 0 saturated carbocycles. The van der Waals surface area contributed by atoms with Gasteiger partial charge >= 0.3 is 0 Å². The van der Waals surface area contributed by atoms with Crippen molar-refractivity contribution >= 4 is 17.5 Å². The van der Waals surface area contributed by atoms with Gasteiger partial charge in [-0.1, -0.05) is 0 Å². The second kappa shape index (κ2) is 5.68. The lowest BCUT2D eigenvalue weighted by Crippen LogP contribution is -2.38. The molecule has 3 heterocycles. The number of nitrogens with zero attached hydrogens (tertiary/aromatic N) is 7. The lowest BCUT2D eigenvalue weighted by Gasteiger charge is -2.31. The van der Waals surface area contributed by atoms with E-state index in [2.05, 4.69) is 25.0 Å². The van der Waals surface area contributed by atoms with Gasteiger partial charge in [-0.05, 0) is 30.4 Å². The maximum absolute atomic E-state index is 9.29. The van der Waals surface area contributed by atoms with Gasteiger partial charge in [0.15, 0.2) is 0 Å². The average Bonchev–Trinajstić information content (AvgIpc) is 3.01. The molecule has 106 valence electrons. The summed E-state index contributed by atoms with van der Waals surface area (Å²) in [6, 6.07) is 0. The Morgan fingerprint density at radius 1 is 1.30 bits per heavy atom. The molecule has 0 spiro atoms. The molecule has 1 aliphatic heterocycles. The lowest BCUT2D eigenvalue weighted by atomic mass is 9.99. The van der Waals surface area contributed by atoms with Gasteiger partial charge in [0.1, 0.15) is 12.7 Å². The Balaban J connectivity index is 1.89. The van der Waals surface area contributed by atoms with E-state index in [1.807, 2.05) is 4.90 Å². The number of aliphatic hydroxyl groups is 1. The quantitative estimate of drug-likeness (QED) is 0.871. The van der Waals surface area contributed by atoms with E-state index in [4.69, 9.17) is 11.6 Å². The topological polar surface area (TPSA) is 92.8 Å². The molecule has 8 nitrogen and oxygen atoms in total. The third kappa shape index (κ3) is 2.70. The first kappa shape index (κ1) is 13.2. The summed E-state index contributed by atoms with van der Waals surface area (Å²) < 4.78 is 1.44. The molecule has 20 heavy (non-hydrogen) atoms. The molecule has 0 amide bonds. The van der Waals surface area contributed by atoms with E-state index in [0.29, 0.717) is 18.4 Å². The van der Waals surface area contributed by atoms with Crippen molar-refractivity contribution in [2.24, 2.45) is 5.92 Å². The number of piperidine rings is 1. The van der Waals surface area contributed by atoms with E-state index >= 15 is 0 Å². The third-order valence-electron chi connectivity index (χ3n) is 3.27. The van der Waals surface area contributed by atoms with Crippen LogP contribution in [0.4, 0.5) is 5.95 Å². The molecule has 0 aliphatic carbocycles. The molecule has 0 radical (unpaired) electrons. The molecule has 9 heteroatoms. The average molecular weight is 296 g/mol. The van der Waals surface area contributed by atoms with E-state index in [1.54, 1.807) is 0 Å². The first-order chi connectivity index (χ1) is 9.76. The second-order valence-corrected chi connectivity index (χ2v) is 5.02. The summed E-state index contributed by atoms with van der Waals surface area (Å²) in [6.45, 7) is 1.73. The minimum atomic E-state index is 0.117. The minimum Gasteiger partial charge on any atom is -0.396 e. The summed E-state index contributed by atoms with van der Waals surface area (Å²) in [5.74, 6) is 1.09. The number of aromatic nitrogens is 6. The fourth-order valence-corrected chi connectivity index (χ4v) is 2.43. The highest BCUT2D eigenvalue weighted by Gasteiger charge is 2.22. The smallest absolute Gasteiger partial charge is 0.258 e. The van der Waals surface area contributed by atoms with Crippen LogP contribution in [-0.2, 0) is 0 Å². The highest BCUT2D eigenvalue weighted by Crippen LogP contribution is 2.21. The Morgan fingerprint density at radius 3 is 2.90 bits per heavy atom. The van der Waals surface area contributed by atoms with Crippen LogP contribution in [0.3, 0.4) is 0 Å². The number of rotatable bonds is 3. The Hall–Kier alpha value is -1.80. The molecule has 2 aromatic rings. The molecular weight excluding hydrogens is 282 g/mol. The summed E-state index contributed by atoms with van der Waals surface area (Å²) in [4.78, 5) is 18.4. The van der Waals surface area contributed by atoms with Crippen LogP contribution in [0.5, 0.6) is 0 Å². The van der Waals surface area contributed by atoms with Gasteiger partial charge in [-0.15, -0.1) is 0 Å². The fraction of sp³-hybridized carbons (Fsp3) is 0.545. The molecule has 2 aromatic heterocycles. The van der Waals surface area contributed by atoms with Crippen molar-refractivity contribution in [3.8, 4) is 5.95 Å². The number of anilines is 1. The van der Waals surface area contributed by atoms with E-state index in [-0.39, 0.29) is 17.8 Å². The maximum Gasteiger partial charge on any atom is 0.258 e. The zero-order valence-corrected chi connectivity index (χ0v) is 11.5. The monoisotopic (exact) mass is 295 g/mol. The zero-order chi connectivity index (χ0) is 13.9. The lowest BCUT2D eigenvalue weighted by molar-refractivity contribution is 0.208. The largest absolute Gasteiger partial charge is 0.396 e. The van der Waals surface area contributed by atoms with Gasteiger partial charge in [-0.25, -0.2) is 4.98 Å². The second-order valence-electron chi connectivity index (χ2n) is 4.68. The summed E-state index contributed by atoms with van der Waals surface area (Å²) in [6.07, 6.45) is 4.91. The predicted molar refractivity (Wildman–Crippen MR) is 71.8 cm³/mol. The SMILES string of the molecule is OCC1CCCN(c2nc(Cl)nc(-n3cncn3)n2)C1. The van der Waals surface area contributed by atoms with Crippen molar-refractivity contribution in [3.05, 3.63) is 17.9 Å². The van der Waals surface area contributed by atoms with Gasteiger partial charge in [0.05, 0.1) is 0 Å². The van der Waals surface area contributed by atoms with Gasteiger partial charge in [0, 0.05) is 19.7 Å². The molecule has 1 unspecified atom stereocenters. The summed E-state index contributed by atoms with van der Waals surface area (Å²) >= 11 is 5.96. The highest BCUT2D eigenvalue weighted by molar-refractivity contribution is 6.28. The van der Waals surface area contributed by atoms with Crippen LogP contribution in [0.15, 0.2) is 12.7 Å². The van der Waals surface area contributed by atoms with E-state index in [9.17, 15) is 5.11 Å².